The van der Waals surface area contributed by atoms with Crippen LogP contribution in [-0.2, 0) is 33.3 Å². The number of anilines is 1. The summed E-state index contributed by atoms with van der Waals surface area (Å²) in [6, 6.07) is 20.6. The minimum Gasteiger partial charge on any atom is -0.508 e. The Labute approximate surface area is 532 Å². The van der Waals surface area contributed by atoms with Crippen LogP contribution in [0.5, 0.6) is 17.6 Å². The lowest BCUT2D eigenvalue weighted by atomic mass is 9.91. The standard InChI is InChI=1S/C66H79ClFN9O12S/c1-7-57(80)75-20-22-76(23-21-75)63-52-35-53(67)59(51-33-47(78)32-46-10-8-9-11-50(46)51)60(68)61(52)71-66(72-63)88-41(4)37-74-18-16-49(17-19-74)86-30-28-84-26-24-83-25-27-85-29-31-87-56-36-55(89-73-56)58(40(2)3)65(82)77-38-48(79)34-54(77)64(81)70-42(5)44-12-14-45(15-13-44)62-43(6)69-39-90-62/h7-15,32-33,35-36,39-42,48-49,54,58,78-79H,1,16-31,34,37-38H2,2-6H3,(H,70,81)/t41-,42+,48-,54+,58+/m1/s1. The van der Waals surface area contributed by atoms with Crippen LogP contribution in [0, 0.1) is 18.7 Å². The number of nitrogens with one attached hydrogen (secondary N) is 1. The SMILES string of the molecule is C=CC(=O)N1CCN(c2nc(O[C@H](C)CN3CCC(OCCOCCOCCOCCOc4cc([C@@H](C(=O)N5C[C@H](O)C[C@H]5C(=O)N[C@@H](C)c5ccc(-c6scnc6C)cc5)C(C)C)on4)CC3)nc3c(F)c(-c4cc(O)cc5ccccc45)c(Cl)cc23)CC1. The molecule has 3 aliphatic rings. The molecule has 6 heterocycles. The highest BCUT2D eigenvalue weighted by Gasteiger charge is 2.44. The number of hydrogen-bond acceptors (Lipinski definition) is 19. The van der Waals surface area contributed by atoms with E-state index in [0.29, 0.717) is 100 Å². The van der Waals surface area contributed by atoms with Gasteiger partial charge in [-0.2, -0.15) is 9.97 Å². The van der Waals surface area contributed by atoms with Crippen LogP contribution < -0.4 is 19.7 Å². The van der Waals surface area contributed by atoms with Gasteiger partial charge in [0.25, 0.3) is 5.88 Å². The molecule has 3 aliphatic heterocycles. The smallest absolute Gasteiger partial charge is 0.319 e. The van der Waals surface area contributed by atoms with Gasteiger partial charge in [0.2, 0.25) is 17.7 Å². The Morgan fingerprint density at radius 1 is 0.878 bits per heavy atom. The summed E-state index contributed by atoms with van der Waals surface area (Å²) in [5, 5.41) is 30.4. The molecule has 3 N–H and O–H groups in total. The Morgan fingerprint density at radius 2 is 1.58 bits per heavy atom. The number of rotatable bonds is 28. The van der Waals surface area contributed by atoms with Gasteiger partial charge >= 0.3 is 6.01 Å². The Hall–Kier alpha value is -7.35. The predicted molar refractivity (Wildman–Crippen MR) is 341 cm³/mol. The number of fused-ring (bicyclic) bond motifs is 2. The van der Waals surface area contributed by atoms with E-state index in [1.807, 2.05) is 93.6 Å². The molecule has 4 aromatic carbocycles. The highest BCUT2D eigenvalue weighted by atomic mass is 35.5. The molecule has 10 rings (SSSR count). The van der Waals surface area contributed by atoms with Crippen LogP contribution in [-0.4, -0.2) is 192 Å². The molecule has 21 nitrogen and oxygen atoms in total. The average molecular weight is 1280 g/mol. The molecule has 3 saturated heterocycles. The van der Waals surface area contributed by atoms with Crippen molar-refractivity contribution < 1.29 is 61.9 Å². The van der Waals surface area contributed by atoms with E-state index in [1.54, 1.807) is 34.4 Å². The zero-order chi connectivity index (χ0) is 63.4. The van der Waals surface area contributed by atoms with Gasteiger partial charge in [0.15, 0.2) is 11.6 Å². The number of aliphatic hydroxyl groups is 1. The number of benzene rings is 4. The molecule has 5 atom stereocenters. The molecule has 0 aliphatic carbocycles. The maximum absolute atomic E-state index is 17.1. The number of aryl methyl sites for hydroxylation is 1. The van der Waals surface area contributed by atoms with Gasteiger partial charge in [-0.1, -0.05) is 80.6 Å². The van der Waals surface area contributed by atoms with E-state index in [2.05, 4.69) is 31.9 Å². The van der Waals surface area contributed by atoms with Gasteiger partial charge in [-0.25, -0.2) is 9.37 Å². The number of phenols is 1. The molecular formula is C66H79ClFN9O12S. The third-order valence-electron chi connectivity index (χ3n) is 16.6. The Balaban J connectivity index is 0.603. The quantitative estimate of drug-likeness (QED) is 0.0306. The molecule has 7 aromatic rings. The fourth-order valence-electron chi connectivity index (χ4n) is 11.9. The van der Waals surface area contributed by atoms with E-state index in [1.165, 1.54) is 17.0 Å². The van der Waals surface area contributed by atoms with Crippen LogP contribution in [0.2, 0.25) is 5.02 Å². The largest absolute Gasteiger partial charge is 0.508 e. The number of phenolic OH excluding ortho intramolecular Hbond substituents is 1. The summed E-state index contributed by atoms with van der Waals surface area (Å²) < 4.78 is 58.2. The number of ether oxygens (including phenoxy) is 6. The number of piperidine rings is 1. The van der Waals surface area contributed by atoms with Gasteiger partial charge in [0.05, 0.1) is 85.6 Å². The van der Waals surface area contributed by atoms with Gasteiger partial charge in [-0.05, 0) is 96.4 Å². The van der Waals surface area contributed by atoms with Crippen LogP contribution in [0.3, 0.4) is 0 Å². The van der Waals surface area contributed by atoms with E-state index in [-0.39, 0.29) is 102 Å². The number of carbonyl (C=O) groups is 3. The van der Waals surface area contributed by atoms with Gasteiger partial charge in [-0.15, -0.1) is 11.3 Å². The van der Waals surface area contributed by atoms with Gasteiger partial charge < -0.3 is 63.2 Å². The maximum atomic E-state index is 17.1. The first kappa shape index (κ1) is 65.6. The molecule has 3 fully saturated rings. The van der Waals surface area contributed by atoms with Crippen molar-refractivity contribution in [2.45, 2.75) is 90.2 Å². The summed E-state index contributed by atoms with van der Waals surface area (Å²) in [5.74, 6) is -1.56. The van der Waals surface area contributed by atoms with E-state index in [0.717, 1.165) is 53.0 Å². The second-order valence-corrected chi connectivity index (χ2v) is 24.6. The molecule has 90 heavy (non-hydrogen) atoms. The predicted octanol–water partition coefficient (Wildman–Crippen LogP) is 9.16. The van der Waals surface area contributed by atoms with Crippen LogP contribution >= 0.6 is 22.9 Å². The maximum Gasteiger partial charge on any atom is 0.319 e. The number of aromatic hydroxyl groups is 1. The summed E-state index contributed by atoms with van der Waals surface area (Å²) in [7, 11) is 0. The third kappa shape index (κ3) is 16.0. The first-order valence-corrected chi connectivity index (χ1v) is 32.0. The fourth-order valence-corrected chi connectivity index (χ4v) is 13.0. The molecule has 0 saturated carbocycles. The number of piperazine rings is 1. The van der Waals surface area contributed by atoms with E-state index < -0.39 is 23.9 Å². The minimum atomic E-state index is -0.858. The highest BCUT2D eigenvalue weighted by molar-refractivity contribution is 7.13. The van der Waals surface area contributed by atoms with Crippen molar-refractivity contribution in [2.24, 2.45) is 5.92 Å². The summed E-state index contributed by atoms with van der Waals surface area (Å²) in [4.78, 5) is 62.7. The molecular weight excluding hydrogens is 1200 g/mol. The highest BCUT2D eigenvalue weighted by Crippen LogP contribution is 2.43. The van der Waals surface area contributed by atoms with Crippen molar-refractivity contribution in [3.8, 4) is 39.2 Å². The lowest BCUT2D eigenvalue weighted by molar-refractivity contribution is -0.141. The van der Waals surface area contributed by atoms with E-state index >= 15 is 4.39 Å². The molecule has 3 amide bonds. The Morgan fingerprint density at radius 3 is 2.27 bits per heavy atom. The van der Waals surface area contributed by atoms with Gasteiger partial charge in [0, 0.05) is 75.8 Å². The summed E-state index contributed by atoms with van der Waals surface area (Å²) in [5.41, 5.74) is 5.31. The third-order valence-corrected chi connectivity index (χ3v) is 17.8. The van der Waals surface area contributed by atoms with Crippen LogP contribution in [0.4, 0.5) is 10.2 Å². The Bertz CT molecular complexity index is 3600. The first-order valence-electron chi connectivity index (χ1n) is 30.7. The number of β-amino-alcohol motifs (C(OH)–C–C–N with tert-alkyl or cyclic N) is 1. The average Bonchev–Trinajstić information content (AvgIpc) is 0.900. The van der Waals surface area contributed by atoms with Crippen LogP contribution in [0.1, 0.15) is 75.9 Å². The molecule has 0 radical (unpaired) electrons. The monoisotopic (exact) mass is 1280 g/mol. The lowest BCUT2D eigenvalue weighted by Gasteiger charge is -2.35. The number of carbonyl (C=O) groups excluding carboxylic acids is 3. The van der Waals surface area contributed by atoms with Crippen LogP contribution in [0.15, 0.2) is 95.5 Å². The molecule has 0 unspecified atom stereocenters. The van der Waals surface area contributed by atoms with E-state index in [9.17, 15) is 24.6 Å². The summed E-state index contributed by atoms with van der Waals surface area (Å²) in [6.07, 6.45) is 1.95. The van der Waals surface area contributed by atoms with Crippen molar-refractivity contribution in [2.75, 3.05) is 110 Å². The van der Waals surface area contributed by atoms with Crippen molar-refractivity contribution in [3.05, 3.63) is 119 Å². The number of aromatic nitrogens is 4. The zero-order valence-electron chi connectivity index (χ0n) is 51.5. The van der Waals surface area contributed by atoms with E-state index in [4.69, 9.17) is 49.5 Å². The summed E-state index contributed by atoms with van der Waals surface area (Å²) >= 11 is 8.51. The lowest BCUT2D eigenvalue weighted by Crippen LogP contribution is -2.48. The molecule has 3 aromatic heterocycles. The second-order valence-electron chi connectivity index (χ2n) is 23.3. The number of nitrogens with zero attached hydrogens (tertiary/aromatic N) is 8. The molecule has 0 bridgehead atoms. The zero-order valence-corrected chi connectivity index (χ0v) is 53.1. The number of halogens is 2. The number of aliphatic hydroxyl groups excluding tert-OH is 1. The fraction of sp³-hybridized carbons (Fsp3) is 0.470. The summed E-state index contributed by atoms with van der Waals surface area (Å²) in [6.45, 7) is 19.9. The topological polar surface area (TPSA) is 237 Å². The minimum absolute atomic E-state index is 0.0167. The van der Waals surface area contributed by atoms with Crippen molar-refractivity contribution >= 4 is 68.2 Å². The molecule has 0 spiro atoms. The first-order chi connectivity index (χ1) is 43.5. The second kappa shape index (κ2) is 30.6. The normalized spacial score (nSPS) is 17.7. The molecule has 480 valence electrons. The van der Waals surface area contributed by atoms with Crippen molar-refractivity contribution in [1.29, 1.82) is 0 Å². The number of thiazole rings is 1. The van der Waals surface area contributed by atoms with Gasteiger partial charge in [0.1, 0.15) is 41.8 Å². The Kier molecular flexibility index (Phi) is 22.3. The molecule has 24 heteroatoms. The van der Waals surface area contributed by atoms with Crippen molar-refractivity contribution in [3.63, 3.8) is 0 Å². The number of amides is 3. The van der Waals surface area contributed by atoms with Gasteiger partial charge in [-0.3, -0.25) is 19.3 Å². The van der Waals surface area contributed by atoms with Crippen molar-refractivity contribution in [1.82, 2.24) is 40.1 Å². The van der Waals surface area contributed by atoms with Crippen LogP contribution in [0.25, 0.3) is 43.2 Å². The number of hydrogen-bond donors (Lipinski definition) is 3. The number of likely N-dealkylation sites (tertiary alicyclic amines) is 2.